The van der Waals surface area contributed by atoms with Crippen LogP contribution in [0, 0.1) is 5.82 Å². The van der Waals surface area contributed by atoms with Gasteiger partial charge in [-0.3, -0.25) is 0 Å². The first kappa shape index (κ1) is 16.4. The van der Waals surface area contributed by atoms with E-state index in [1.165, 1.54) is 12.1 Å². The minimum atomic E-state index is -3.63. The van der Waals surface area contributed by atoms with Crippen molar-refractivity contribution in [3.05, 3.63) is 29.6 Å². The zero-order valence-corrected chi connectivity index (χ0v) is 12.7. The van der Waals surface area contributed by atoms with Crippen LogP contribution in [0.3, 0.4) is 0 Å². The van der Waals surface area contributed by atoms with E-state index in [1.54, 1.807) is 11.8 Å². The third-order valence-electron chi connectivity index (χ3n) is 2.73. The van der Waals surface area contributed by atoms with Crippen molar-refractivity contribution in [1.82, 2.24) is 4.72 Å². The van der Waals surface area contributed by atoms with Crippen molar-refractivity contribution >= 4 is 21.8 Å². The molecule has 4 nitrogen and oxygen atoms in total. The van der Waals surface area contributed by atoms with Crippen molar-refractivity contribution in [2.75, 3.05) is 12.0 Å². The van der Waals surface area contributed by atoms with Gasteiger partial charge in [0.15, 0.2) is 0 Å². The van der Waals surface area contributed by atoms with Gasteiger partial charge >= 0.3 is 0 Å². The lowest BCUT2D eigenvalue weighted by Gasteiger charge is -2.16. The van der Waals surface area contributed by atoms with Crippen LogP contribution in [0.4, 0.5) is 4.39 Å². The van der Waals surface area contributed by atoms with Crippen LogP contribution in [0.25, 0.3) is 0 Å². The number of nitrogens with one attached hydrogen (secondary N) is 1. The zero-order chi connectivity index (χ0) is 14.5. The number of benzene rings is 1. The van der Waals surface area contributed by atoms with Gasteiger partial charge in [0.2, 0.25) is 10.0 Å². The molecule has 1 rings (SSSR count). The zero-order valence-electron chi connectivity index (χ0n) is 11.0. The quantitative estimate of drug-likeness (QED) is 0.804. The predicted molar refractivity (Wildman–Crippen MR) is 77.1 cm³/mol. The number of halogens is 1. The van der Waals surface area contributed by atoms with Crippen molar-refractivity contribution in [2.45, 2.75) is 30.8 Å². The second kappa shape index (κ2) is 7.23. The van der Waals surface area contributed by atoms with Crippen LogP contribution in [0.15, 0.2) is 23.1 Å². The summed E-state index contributed by atoms with van der Waals surface area (Å²) in [6.07, 6.45) is 2.62. The van der Waals surface area contributed by atoms with Crippen LogP contribution in [0.1, 0.15) is 18.9 Å². The summed E-state index contributed by atoms with van der Waals surface area (Å²) in [6.45, 7) is 1.89. The van der Waals surface area contributed by atoms with Crippen molar-refractivity contribution in [1.29, 1.82) is 0 Å². The molecule has 0 heterocycles. The number of rotatable bonds is 7. The molecule has 1 atom stereocenters. The number of hydrogen-bond acceptors (Lipinski definition) is 4. The van der Waals surface area contributed by atoms with Gasteiger partial charge in [0.25, 0.3) is 0 Å². The topological polar surface area (TPSA) is 72.2 Å². The number of sulfonamides is 1. The molecule has 0 aliphatic rings. The molecule has 7 heteroatoms. The predicted octanol–water partition coefficient (Wildman–Crippen LogP) is 1.70. The lowest BCUT2D eigenvalue weighted by molar-refractivity contribution is 0.557. The van der Waals surface area contributed by atoms with E-state index < -0.39 is 15.8 Å². The van der Waals surface area contributed by atoms with Gasteiger partial charge in [0.1, 0.15) is 5.82 Å². The van der Waals surface area contributed by atoms with E-state index in [1.807, 2.05) is 13.2 Å². The first-order chi connectivity index (χ1) is 8.94. The van der Waals surface area contributed by atoms with Gasteiger partial charge in [-0.2, -0.15) is 11.8 Å². The standard InChI is InChI=1S/C12H19FN2O2S2/c1-3-10(8-18-2)15-19(16,17)11-4-5-12(13)9(6-11)7-14/h4-6,10,15H,3,7-8,14H2,1-2H3. The summed E-state index contributed by atoms with van der Waals surface area (Å²) >= 11 is 1.57. The third kappa shape index (κ3) is 4.45. The van der Waals surface area contributed by atoms with E-state index in [-0.39, 0.29) is 23.0 Å². The summed E-state index contributed by atoms with van der Waals surface area (Å²) in [4.78, 5) is 0.0499. The molecule has 19 heavy (non-hydrogen) atoms. The SMILES string of the molecule is CCC(CSC)NS(=O)(=O)c1ccc(F)c(CN)c1. The summed E-state index contributed by atoms with van der Waals surface area (Å²) in [5.74, 6) is 0.207. The van der Waals surface area contributed by atoms with Crippen molar-refractivity contribution in [3.8, 4) is 0 Å². The molecule has 0 saturated heterocycles. The highest BCUT2D eigenvalue weighted by Gasteiger charge is 2.19. The molecule has 0 fully saturated rings. The summed E-state index contributed by atoms with van der Waals surface area (Å²) in [5.41, 5.74) is 5.57. The summed E-state index contributed by atoms with van der Waals surface area (Å²) in [5, 5.41) is 0. The Morgan fingerprint density at radius 1 is 1.47 bits per heavy atom. The fourth-order valence-corrected chi connectivity index (χ4v) is 3.79. The average Bonchev–Trinajstić information content (AvgIpc) is 2.38. The van der Waals surface area contributed by atoms with Crippen LogP contribution < -0.4 is 10.5 Å². The number of thioether (sulfide) groups is 1. The Hall–Kier alpha value is -0.630. The Kier molecular flexibility index (Phi) is 6.25. The highest BCUT2D eigenvalue weighted by atomic mass is 32.2. The van der Waals surface area contributed by atoms with Gasteiger partial charge in [-0.15, -0.1) is 0 Å². The van der Waals surface area contributed by atoms with E-state index in [9.17, 15) is 12.8 Å². The molecule has 3 N–H and O–H groups in total. The third-order valence-corrected chi connectivity index (χ3v) is 4.98. The van der Waals surface area contributed by atoms with Gasteiger partial charge in [-0.1, -0.05) is 6.92 Å². The first-order valence-corrected chi connectivity index (χ1v) is 8.82. The Balaban J connectivity index is 2.99. The minimum absolute atomic E-state index is 0.0305. The molecule has 0 bridgehead atoms. The highest BCUT2D eigenvalue weighted by molar-refractivity contribution is 7.98. The molecule has 0 radical (unpaired) electrons. The van der Waals surface area contributed by atoms with Gasteiger partial charge in [-0.05, 0) is 30.9 Å². The Morgan fingerprint density at radius 3 is 2.68 bits per heavy atom. The van der Waals surface area contributed by atoms with Gasteiger partial charge < -0.3 is 5.73 Å². The molecule has 108 valence electrons. The highest BCUT2D eigenvalue weighted by Crippen LogP contribution is 2.16. The van der Waals surface area contributed by atoms with E-state index in [2.05, 4.69) is 4.72 Å². The molecule has 1 unspecified atom stereocenters. The van der Waals surface area contributed by atoms with Crippen molar-refractivity contribution < 1.29 is 12.8 Å². The first-order valence-electron chi connectivity index (χ1n) is 5.94. The van der Waals surface area contributed by atoms with Crippen LogP contribution in [0.2, 0.25) is 0 Å². The Bertz CT molecular complexity index is 520. The fourth-order valence-electron chi connectivity index (χ4n) is 1.60. The summed E-state index contributed by atoms with van der Waals surface area (Å²) in [6, 6.07) is 3.53. The van der Waals surface area contributed by atoms with E-state index in [0.29, 0.717) is 12.2 Å². The van der Waals surface area contributed by atoms with Gasteiger partial charge in [0.05, 0.1) is 4.90 Å². The van der Waals surface area contributed by atoms with E-state index in [0.717, 1.165) is 6.07 Å². The fraction of sp³-hybridized carbons (Fsp3) is 0.500. The maximum atomic E-state index is 13.3. The molecule has 0 amide bonds. The lowest BCUT2D eigenvalue weighted by Crippen LogP contribution is -2.36. The molecule has 1 aromatic carbocycles. The van der Waals surface area contributed by atoms with E-state index in [4.69, 9.17) is 5.73 Å². The maximum Gasteiger partial charge on any atom is 0.240 e. The van der Waals surface area contributed by atoms with Crippen LogP contribution in [-0.4, -0.2) is 26.5 Å². The Labute approximate surface area is 118 Å². The Morgan fingerprint density at radius 2 is 2.16 bits per heavy atom. The second-order valence-corrected chi connectivity index (χ2v) is 6.76. The summed E-state index contributed by atoms with van der Waals surface area (Å²) in [7, 11) is -3.63. The summed E-state index contributed by atoms with van der Waals surface area (Å²) < 4.78 is 40.3. The molecule has 0 spiro atoms. The normalized spacial score (nSPS) is 13.5. The number of hydrogen-bond donors (Lipinski definition) is 2. The second-order valence-electron chi connectivity index (χ2n) is 4.14. The number of nitrogens with two attached hydrogens (primary N) is 1. The minimum Gasteiger partial charge on any atom is -0.326 e. The monoisotopic (exact) mass is 306 g/mol. The van der Waals surface area contributed by atoms with Crippen molar-refractivity contribution in [2.24, 2.45) is 5.73 Å². The van der Waals surface area contributed by atoms with Crippen molar-refractivity contribution in [3.63, 3.8) is 0 Å². The largest absolute Gasteiger partial charge is 0.326 e. The average molecular weight is 306 g/mol. The molecule has 1 aromatic rings. The molecule has 0 aliphatic heterocycles. The van der Waals surface area contributed by atoms with Crippen LogP contribution in [0.5, 0.6) is 0 Å². The molecule has 0 aliphatic carbocycles. The van der Waals surface area contributed by atoms with E-state index >= 15 is 0 Å². The molecule has 0 saturated carbocycles. The smallest absolute Gasteiger partial charge is 0.240 e. The molecule has 0 aromatic heterocycles. The lowest BCUT2D eigenvalue weighted by atomic mass is 10.2. The molecular weight excluding hydrogens is 287 g/mol. The molecular formula is C12H19FN2O2S2. The van der Waals surface area contributed by atoms with Gasteiger partial charge in [-0.25, -0.2) is 17.5 Å². The van der Waals surface area contributed by atoms with Gasteiger partial charge in [0, 0.05) is 23.9 Å². The maximum absolute atomic E-state index is 13.3. The van der Waals surface area contributed by atoms with Crippen LogP contribution in [-0.2, 0) is 16.6 Å². The van der Waals surface area contributed by atoms with Crippen LogP contribution >= 0.6 is 11.8 Å².